The van der Waals surface area contributed by atoms with Crippen molar-refractivity contribution in [3.05, 3.63) is 12.4 Å². The highest BCUT2D eigenvalue weighted by Crippen LogP contribution is 2.23. The average molecular weight is 351 g/mol. The fraction of sp³-hybridized carbons (Fsp3) is 0.913. The van der Waals surface area contributed by atoms with E-state index in [-0.39, 0.29) is 0 Å². The average Bonchev–Trinajstić information content (AvgIpc) is 3.00. The molecule has 1 aliphatic rings. The van der Waals surface area contributed by atoms with Crippen LogP contribution in [0, 0.1) is 0 Å². The van der Waals surface area contributed by atoms with Crippen molar-refractivity contribution < 1.29 is 0 Å². The molecule has 0 aromatic rings. The largest absolute Gasteiger partial charge is 0.356 e. The van der Waals surface area contributed by atoms with E-state index in [1.54, 1.807) is 0 Å². The Morgan fingerprint density at radius 2 is 0.920 bits per heavy atom. The Balaban J connectivity index is 2.34. The van der Waals surface area contributed by atoms with Crippen molar-refractivity contribution in [1.82, 2.24) is 9.80 Å². The van der Waals surface area contributed by atoms with Crippen LogP contribution in [0.25, 0.3) is 0 Å². The molecule has 1 atom stereocenters. The van der Waals surface area contributed by atoms with E-state index in [9.17, 15) is 0 Å². The lowest BCUT2D eigenvalue weighted by Crippen LogP contribution is -2.39. The first-order valence-electron chi connectivity index (χ1n) is 11.5. The van der Waals surface area contributed by atoms with Gasteiger partial charge in [0.15, 0.2) is 0 Å². The summed E-state index contributed by atoms with van der Waals surface area (Å²) in [5.74, 6) is 0. The molecule has 0 spiro atoms. The number of hydrogen-bond acceptors (Lipinski definition) is 2. The van der Waals surface area contributed by atoms with E-state index in [2.05, 4.69) is 43.0 Å². The highest BCUT2D eigenvalue weighted by atomic mass is 15.4. The number of nitrogens with zero attached hydrogens (tertiary/aromatic N) is 2. The Morgan fingerprint density at radius 1 is 0.520 bits per heavy atom. The Morgan fingerprint density at radius 3 is 1.40 bits per heavy atom. The molecule has 0 N–H and O–H groups in total. The summed E-state index contributed by atoms with van der Waals surface area (Å²) in [6.45, 7) is 9.41. The van der Waals surface area contributed by atoms with Crippen LogP contribution in [0.15, 0.2) is 12.4 Å². The van der Waals surface area contributed by atoms with Crippen molar-refractivity contribution in [2.75, 3.05) is 13.1 Å². The van der Waals surface area contributed by atoms with Crippen LogP contribution in [0.4, 0.5) is 0 Å². The van der Waals surface area contributed by atoms with Gasteiger partial charge in [-0.3, -0.25) is 0 Å². The van der Waals surface area contributed by atoms with Gasteiger partial charge in [-0.2, -0.15) is 0 Å². The van der Waals surface area contributed by atoms with E-state index < -0.39 is 0 Å². The predicted octanol–water partition coefficient (Wildman–Crippen LogP) is 7.31. The lowest BCUT2D eigenvalue weighted by molar-refractivity contribution is 0.135. The minimum absolute atomic E-state index is 0.648. The summed E-state index contributed by atoms with van der Waals surface area (Å²) in [5, 5.41) is 0. The smallest absolute Gasteiger partial charge is 0.101 e. The van der Waals surface area contributed by atoms with Gasteiger partial charge in [-0.1, -0.05) is 91.4 Å². The van der Waals surface area contributed by atoms with E-state index in [1.807, 2.05) is 0 Å². The third-order valence-corrected chi connectivity index (χ3v) is 5.57. The molecular weight excluding hydrogens is 304 g/mol. The molecule has 0 saturated carbocycles. The van der Waals surface area contributed by atoms with E-state index in [0.29, 0.717) is 6.17 Å². The normalized spacial score (nSPS) is 17.0. The monoisotopic (exact) mass is 350 g/mol. The predicted molar refractivity (Wildman–Crippen MR) is 113 cm³/mol. The van der Waals surface area contributed by atoms with Gasteiger partial charge in [-0.15, -0.1) is 0 Å². The van der Waals surface area contributed by atoms with Gasteiger partial charge in [0.05, 0.1) is 0 Å². The quantitative estimate of drug-likeness (QED) is 0.254. The maximum absolute atomic E-state index is 2.64. The van der Waals surface area contributed by atoms with E-state index in [0.717, 1.165) is 0 Å². The fourth-order valence-electron chi connectivity index (χ4n) is 3.89. The van der Waals surface area contributed by atoms with Crippen LogP contribution in [0.5, 0.6) is 0 Å². The highest BCUT2D eigenvalue weighted by molar-refractivity contribution is 4.96. The molecule has 25 heavy (non-hydrogen) atoms. The van der Waals surface area contributed by atoms with Crippen molar-refractivity contribution in [3.63, 3.8) is 0 Å². The molecule has 148 valence electrons. The van der Waals surface area contributed by atoms with Crippen molar-refractivity contribution >= 4 is 0 Å². The molecule has 1 unspecified atom stereocenters. The molecule has 1 rings (SSSR count). The number of unbranched alkanes of at least 4 members (excludes halogenated alkanes) is 11. The second kappa shape index (κ2) is 15.6. The van der Waals surface area contributed by atoms with Crippen LogP contribution in [0.1, 0.15) is 117 Å². The molecule has 0 radical (unpaired) electrons. The first kappa shape index (κ1) is 22.4. The fourth-order valence-corrected chi connectivity index (χ4v) is 3.89. The standard InChI is InChI=1S/C23H46N2/c1-4-7-10-13-15-18-23-24(19-16-12-9-6-3)21-22-25(23)20-17-14-11-8-5-2/h21-23H,4-20H2,1-3H3. The first-order valence-corrected chi connectivity index (χ1v) is 11.5. The third kappa shape index (κ3) is 10.2. The van der Waals surface area contributed by atoms with Crippen molar-refractivity contribution in [2.45, 2.75) is 123 Å². The molecule has 2 heteroatoms. The van der Waals surface area contributed by atoms with Crippen molar-refractivity contribution in [3.8, 4) is 0 Å². The maximum Gasteiger partial charge on any atom is 0.101 e. The highest BCUT2D eigenvalue weighted by Gasteiger charge is 2.24. The molecule has 0 aromatic heterocycles. The van der Waals surface area contributed by atoms with Crippen LogP contribution in [-0.4, -0.2) is 29.1 Å². The van der Waals surface area contributed by atoms with Gasteiger partial charge in [-0.25, -0.2) is 0 Å². The summed E-state index contributed by atoms with van der Waals surface area (Å²) in [5.41, 5.74) is 0. The molecule has 2 nitrogen and oxygen atoms in total. The van der Waals surface area contributed by atoms with Gasteiger partial charge in [0.2, 0.25) is 0 Å². The van der Waals surface area contributed by atoms with Gasteiger partial charge >= 0.3 is 0 Å². The third-order valence-electron chi connectivity index (χ3n) is 5.57. The molecule has 1 heterocycles. The molecular formula is C23H46N2. The Bertz CT molecular complexity index is 313. The summed E-state index contributed by atoms with van der Waals surface area (Å²) in [7, 11) is 0. The summed E-state index contributed by atoms with van der Waals surface area (Å²) < 4.78 is 0. The zero-order valence-electron chi connectivity index (χ0n) is 17.6. The number of rotatable bonds is 17. The molecule has 1 aliphatic heterocycles. The van der Waals surface area contributed by atoms with E-state index in [1.165, 1.54) is 109 Å². The van der Waals surface area contributed by atoms with Gasteiger partial charge < -0.3 is 9.80 Å². The summed E-state index contributed by atoms with van der Waals surface area (Å²) in [4.78, 5) is 5.28. The lowest BCUT2D eigenvalue weighted by atomic mass is 10.1. The Hall–Kier alpha value is -0.660. The van der Waals surface area contributed by atoms with Crippen LogP contribution >= 0.6 is 0 Å². The summed E-state index contributed by atoms with van der Waals surface area (Å²) >= 11 is 0. The first-order chi connectivity index (χ1) is 12.3. The zero-order chi connectivity index (χ0) is 18.2. The van der Waals surface area contributed by atoms with Crippen LogP contribution in [0.3, 0.4) is 0 Å². The van der Waals surface area contributed by atoms with Crippen LogP contribution in [-0.2, 0) is 0 Å². The Kier molecular flexibility index (Phi) is 14.0. The molecule has 0 aromatic carbocycles. The van der Waals surface area contributed by atoms with Crippen LogP contribution in [0.2, 0.25) is 0 Å². The lowest BCUT2D eigenvalue weighted by Gasteiger charge is -2.33. The molecule has 0 saturated heterocycles. The van der Waals surface area contributed by atoms with Crippen molar-refractivity contribution in [1.29, 1.82) is 0 Å². The van der Waals surface area contributed by atoms with E-state index >= 15 is 0 Å². The molecule has 0 bridgehead atoms. The maximum atomic E-state index is 2.64. The van der Waals surface area contributed by atoms with Gasteiger partial charge in [0, 0.05) is 25.5 Å². The molecule has 0 amide bonds. The Labute approximate surface area is 159 Å². The summed E-state index contributed by atoms with van der Waals surface area (Å²) in [6.07, 6.45) is 26.1. The van der Waals surface area contributed by atoms with Gasteiger partial charge in [0.1, 0.15) is 6.17 Å². The summed E-state index contributed by atoms with van der Waals surface area (Å²) in [6, 6.07) is 0. The molecule has 0 fully saturated rings. The minimum atomic E-state index is 0.648. The van der Waals surface area contributed by atoms with Crippen molar-refractivity contribution in [2.24, 2.45) is 0 Å². The van der Waals surface area contributed by atoms with E-state index in [4.69, 9.17) is 0 Å². The second-order valence-corrected chi connectivity index (χ2v) is 7.93. The topological polar surface area (TPSA) is 6.48 Å². The minimum Gasteiger partial charge on any atom is -0.356 e. The van der Waals surface area contributed by atoms with Crippen LogP contribution < -0.4 is 0 Å². The molecule has 0 aliphatic carbocycles. The van der Waals surface area contributed by atoms with Gasteiger partial charge in [-0.05, 0) is 25.7 Å². The number of hydrogen-bond donors (Lipinski definition) is 0. The second-order valence-electron chi connectivity index (χ2n) is 7.93. The SMILES string of the molecule is CCCCCCCC1N(CCCCCC)C=CN1CCCCCCC. The zero-order valence-corrected chi connectivity index (χ0v) is 17.6. The van der Waals surface area contributed by atoms with Gasteiger partial charge in [0.25, 0.3) is 0 Å².